The van der Waals surface area contributed by atoms with Crippen LogP contribution in [-0.2, 0) is 9.53 Å². The zero-order chi connectivity index (χ0) is 20.4. The Morgan fingerprint density at radius 1 is 1.18 bits per heavy atom. The van der Waals surface area contributed by atoms with Gasteiger partial charge in [0.25, 0.3) is 5.91 Å². The first kappa shape index (κ1) is 22.7. The van der Waals surface area contributed by atoms with Gasteiger partial charge >= 0.3 is 0 Å². The molecule has 5 nitrogen and oxygen atoms in total. The van der Waals surface area contributed by atoms with Gasteiger partial charge in [-0.1, -0.05) is 34.1 Å². The second-order valence-electron chi connectivity index (χ2n) is 7.90. The van der Waals surface area contributed by atoms with Gasteiger partial charge in [0.05, 0.1) is 0 Å². The molecule has 0 aromatic heterocycles. The van der Waals surface area contributed by atoms with E-state index in [4.69, 9.17) is 9.47 Å². The van der Waals surface area contributed by atoms with Gasteiger partial charge in [0.2, 0.25) is 0 Å². The second-order valence-corrected chi connectivity index (χ2v) is 7.90. The van der Waals surface area contributed by atoms with Crippen molar-refractivity contribution < 1.29 is 14.3 Å². The number of nitrogens with zero attached hydrogens (tertiary/aromatic N) is 1. The van der Waals surface area contributed by atoms with Gasteiger partial charge in [-0.3, -0.25) is 4.79 Å². The Hall–Kier alpha value is -1.59. The lowest BCUT2D eigenvalue weighted by Gasteiger charge is -2.38. The van der Waals surface area contributed by atoms with Crippen LogP contribution in [0.2, 0.25) is 0 Å². The second kappa shape index (κ2) is 11.4. The number of nitrogens with one attached hydrogen (secondary N) is 1. The van der Waals surface area contributed by atoms with E-state index in [1.165, 1.54) is 6.42 Å². The van der Waals surface area contributed by atoms with Crippen LogP contribution < -0.4 is 10.1 Å². The van der Waals surface area contributed by atoms with E-state index in [0.29, 0.717) is 19.1 Å². The molecule has 1 N–H and O–H groups in total. The number of carbonyl (C=O) groups excluding carboxylic acids is 1. The average Bonchev–Trinajstić information content (AvgIpc) is 2.71. The van der Waals surface area contributed by atoms with Gasteiger partial charge in [0.1, 0.15) is 18.0 Å². The first-order chi connectivity index (χ1) is 13.5. The molecule has 0 spiro atoms. The largest absolute Gasteiger partial charge is 0.492 e. The highest BCUT2D eigenvalue weighted by Crippen LogP contribution is 2.36. The molecule has 1 aliphatic carbocycles. The van der Waals surface area contributed by atoms with Crippen LogP contribution in [0, 0.1) is 5.92 Å². The molecule has 5 heteroatoms. The van der Waals surface area contributed by atoms with Gasteiger partial charge < -0.3 is 19.7 Å². The molecule has 0 saturated heterocycles. The number of hydrogen-bond acceptors (Lipinski definition) is 4. The molecule has 0 aliphatic heterocycles. The molecule has 1 aromatic rings. The van der Waals surface area contributed by atoms with Crippen molar-refractivity contribution in [1.82, 2.24) is 4.90 Å². The van der Waals surface area contributed by atoms with Crippen molar-refractivity contribution in [2.24, 2.45) is 5.92 Å². The summed E-state index contributed by atoms with van der Waals surface area (Å²) in [6.45, 7) is 12.9. The van der Waals surface area contributed by atoms with Crippen LogP contribution in [0.15, 0.2) is 24.3 Å². The molecule has 158 valence electrons. The van der Waals surface area contributed by atoms with Gasteiger partial charge in [-0.2, -0.15) is 0 Å². The van der Waals surface area contributed by atoms with E-state index in [-0.39, 0.29) is 5.91 Å². The van der Waals surface area contributed by atoms with Gasteiger partial charge in [0.15, 0.2) is 0 Å². The first-order valence-electron chi connectivity index (χ1n) is 10.9. The van der Waals surface area contributed by atoms with Crippen LogP contribution in [0.3, 0.4) is 0 Å². The fourth-order valence-electron chi connectivity index (χ4n) is 3.92. The number of carbonyl (C=O) groups is 1. The SMILES string of the molecule is CCCO[C@]1(C(=O)Nc2ccc(OCCN(CC)CC)cc2)CCC[C@@H](C)C1. The quantitative estimate of drug-likeness (QED) is 0.594. The number of hydrogen-bond donors (Lipinski definition) is 1. The van der Waals surface area contributed by atoms with Crippen LogP contribution in [0.5, 0.6) is 5.75 Å². The number of ether oxygens (including phenoxy) is 2. The van der Waals surface area contributed by atoms with Crippen molar-refractivity contribution >= 4 is 11.6 Å². The summed E-state index contributed by atoms with van der Waals surface area (Å²) in [5.41, 5.74) is 0.103. The minimum Gasteiger partial charge on any atom is -0.492 e. The van der Waals surface area contributed by atoms with Crippen LogP contribution >= 0.6 is 0 Å². The molecule has 2 rings (SSSR count). The summed E-state index contributed by atoms with van der Waals surface area (Å²) in [5.74, 6) is 1.33. The molecule has 1 fully saturated rings. The molecule has 28 heavy (non-hydrogen) atoms. The highest BCUT2D eigenvalue weighted by atomic mass is 16.5. The highest BCUT2D eigenvalue weighted by molar-refractivity contribution is 5.97. The summed E-state index contributed by atoms with van der Waals surface area (Å²) in [6, 6.07) is 7.65. The molecule has 1 amide bonds. The summed E-state index contributed by atoms with van der Waals surface area (Å²) < 4.78 is 11.9. The number of benzene rings is 1. The van der Waals surface area contributed by atoms with Gasteiger partial charge in [-0.25, -0.2) is 0 Å². The number of rotatable bonds is 11. The molecule has 1 aromatic carbocycles. The predicted molar refractivity (Wildman–Crippen MR) is 115 cm³/mol. The van der Waals surface area contributed by atoms with E-state index in [0.717, 1.165) is 56.8 Å². The highest BCUT2D eigenvalue weighted by Gasteiger charge is 2.42. The van der Waals surface area contributed by atoms with E-state index < -0.39 is 5.60 Å². The fourth-order valence-corrected chi connectivity index (χ4v) is 3.92. The summed E-state index contributed by atoms with van der Waals surface area (Å²) in [6.07, 6.45) is 4.73. The maximum absolute atomic E-state index is 13.1. The molecule has 1 aliphatic rings. The van der Waals surface area contributed by atoms with Crippen molar-refractivity contribution in [2.75, 3.05) is 38.2 Å². The van der Waals surface area contributed by atoms with Crippen molar-refractivity contribution in [3.8, 4) is 5.75 Å². The Morgan fingerprint density at radius 2 is 1.89 bits per heavy atom. The molecule has 0 heterocycles. The van der Waals surface area contributed by atoms with Crippen LogP contribution in [0.25, 0.3) is 0 Å². The average molecular weight is 391 g/mol. The summed E-state index contributed by atoms with van der Waals surface area (Å²) in [5, 5.41) is 3.07. The molecular formula is C23H38N2O3. The summed E-state index contributed by atoms with van der Waals surface area (Å²) in [4.78, 5) is 15.4. The Labute approximate surface area is 170 Å². The molecule has 1 saturated carbocycles. The van der Waals surface area contributed by atoms with E-state index in [1.807, 2.05) is 24.3 Å². The molecule has 2 atom stereocenters. The normalized spacial score (nSPS) is 22.2. The Kier molecular flexibility index (Phi) is 9.26. The molecule has 0 unspecified atom stereocenters. The van der Waals surface area contributed by atoms with Crippen molar-refractivity contribution in [3.05, 3.63) is 24.3 Å². The molecule has 0 bridgehead atoms. The van der Waals surface area contributed by atoms with Gasteiger partial charge in [-0.15, -0.1) is 0 Å². The zero-order valence-electron chi connectivity index (χ0n) is 18.1. The maximum Gasteiger partial charge on any atom is 0.256 e. The number of amides is 1. The standard InChI is InChI=1S/C23H38N2O3/c1-5-16-28-23(14-8-9-19(4)18-23)22(26)24-20-10-12-21(13-11-20)27-17-15-25(6-2)7-3/h10-13,19H,5-9,14-18H2,1-4H3,(H,24,26)/t19-,23-/m1/s1. The lowest BCUT2D eigenvalue weighted by molar-refractivity contribution is -0.148. The minimum absolute atomic E-state index is 0.0114. The maximum atomic E-state index is 13.1. The number of likely N-dealkylation sites (N-methyl/N-ethyl adjacent to an activating group) is 1. The zero-order valence-corrected chi connectivity index (χ0v) is 18.1. The third-order valence-corrected chi connectivity index (χ3v) is 5.63. The van der Waals surface area contributed by atoms with E-state index in [2.05, 4.69) is 37.9 Å². The predicted octanol–water partition coefficient (Wildman–Crippen LogP) is 4.72. The van der Waals surface area contributed by atoms with Crippen LogP contribution in [-0.4, -0.2) is 49.3 Å². The van der Waals surface area contributed by atoms with Crippen molar-refractivity contribution in [3.63, 3.8) is 0 Å². The van der Waals surface area contributed by atoms with E-state index in [1.54, 1.807) is 0 Å². The molecule has 0 radical (unpaired) electrons. The topological polar surface area (TPSA) is 50.8 Å². The Morgan fingerprint density at radius 3 is 2.50 bits per heavy atom. The lowest BCUT2D eigenvalue weighted by Crippen LogP contribution is -2.48. The monoisotopic (exact) mass is 390 g/mol. The summed E-state index contributed by atoms with van der Waals surface area (Å²) in [7, 11) is 0. The first-order valence-corrected chi connectivity index (χ1v) is 10.9. The van der Waals surface area contributed by atoms with Crippen molar-refractivity contribution in [1.29, 1.82) is 0 Å². The summed E-state index contributed by atoms with van der Waals surface area (Å²) >= 11 is 0. The van der Waals surface area contributed by atoms with Crippen LogP contribution in [0.4, 0.5) is 5.69 Å². The van der Waals surface area contributed by atoms with E-state index >= 15 is 0 Å². The van der Waals surface area contributed by atoms with Gasteiger partial charge in [-0.05, 0) is 69.0 Å². The molecular weight excluding hydrogens is 352 g/mol. The van der Waals surface area contributed by atoms with Crippen LogP contribution in [0.1, 0.15) is 59.8 Å². The minimum atomic E-state index is -0.688. The lowest BCUT2D eigenvalue weighted by atomic mass is 9.78. The number of anilines is 1. The van der Waals surface area contributed by atoms with Gasteiger partial charge in [0, 0.05) is 18.8 Å². The Bertz CT molecular complexity index is 586. The Balaban J connectivity index is 1.93. The van der Waals surface area contributed by atoms with E-state index in [9.17, 15) is 4.79 Å². The third kappa shape index (κ3) is 6.49. The third-order valence-electron chi connectivity index (χ3n) is 5.63. The van der Waals surface area contributed by atoms with Crippen molar-refractivity contribution in [2.45, 2.75) is 65.4 Å². The fraction of sp³-hybridized carbons (Fsp3) is 0.696. The smallest absolute Gasteiger partial charge is 0.256 e.